The molecule has 3 N–H and O–H groups in total. The number of nitrogens with two attached hydrogens (primary N) is 1. The van der Waals surface area contributed by atoms with Crippen molar-refractivity contribution in [2.24, 2.45) is 5.84 Å². The Balaban J connectivity index is 1.98. The Hall–Kier alpha value is -2.33. The quantitative estimate of drug-likeness (QED) is 0.504. The van der Waals surface area contributed by atoms with E-state index in [-0.39, 0.29) is 11.8 Å². The molecule has 110 valence electrons. The summed E-state index contributed by atoms with van der Waals surface area (Å²) in [5, 5.41) is 0. The van der Waals surface area contributed by atoms with Crippen LogP contribution in [0.3, 0.4) is 0 Å². The summed E-state index contributed by atoms with van der Waals surface area (Å²) in [7, 11) is 0. The fourth-order valence-corrected chi connectivity index (χ4v) is 2.05. The topological polar surface area (TPSA) is 64.3 Å². The maximum absolute atomic E-state index is 11.5. The summed E-state index contributed by atoms with van der Waals surface area (Å²) in [5.41, 5.74) is 5.32. The summed E-state index contributed by atoms with van der Waals surface area (Å²) in [6, 6.07) is 15.7. The first-order chi connectivity index (χ1) is 10.1. The van der Waals surface area contributed by atoms with Crippen LogP contribution in [0.25, 0.3) is 0 Å². The van der Waals surface area contributed by atoms with Crippen LogP contribution in [0.2, 0.25) is 0 Å². The average Bonchev–Trinajstić information content (AvgIpc) is 2.52. The molecule has 0 heterocycles. The molecule has 2 aromatic carbocycles. The Kier molecular flexibility index (Phi) is 4.95. The van der Waals surface area contributed by atoms with Crippen LogP contribution in [-0.2, 0) is 11.4 Å². The van der Waals surface area contributed by atoms with Crippen LogP contribution in [-0.4, -0.2) is 5.91 Å². The Bertz CT molecular complexity index is 608. The molecule has 0 fully saturated rings. The number of hydrogen-bond donors (Lipinski definition) is 2. The van der Waals surface area contributed by atoms with Gasteiger partial charge >= 0.3 is 0 Å². The van der Waals surface area contributed by atoms with Gasteiger partial charge in [-0.15, -0.1) is 0 Å². The van der Waals surface area contributed by atoms with E-state index in [1.165, 1.54) is 5.56 Å². The number of carbonyl (C=O) groups is 1. The number of hydrazine groups is 1. The van der Waals surface area contributed by atoms with Gasteiger partial charge in [0.15, 0.2) is 0 Å². The zero-order valence-corrected chi connectivity index (χ0v) is 12.3. The Morgan fingerprint density at radius 1 is 1.24 bits per heavy atom. The lowest BCUT2D eigenvalue weighted by Crippen LogP contribution is -2.33. The highest BCUT2D eigenvalue weighted by molar-refractivity contribution is 5.82. The number of ether oxygens (including phenoxy) is 1. The van der Waals surface area contributed by atoms with Crippen LogP contribution in [0.1, 0.15) is 29.5 Å². The molecule has 0 aromatic heterocycles. The van der Waals surface area contributed by atoms with Crippen LogP contribution in [0, 0.1) is 6.92 Å². The van der Waals surface area contributed by atoms with Gasteiger partial charge in [0.05, 0.1) is 5.92 Å². The van der Waals surface area contributed by atoms with Gasteiger partial charge in [0.2, 0.25) is 5.91 Å². The van der Waals surface area contributed by atoms with Crippen LogP contribution in [0.4, 0.5) is 0 Å². The molecule has 1 atom stereocenters. The number of nitrogens with one attached hydrogen (secondary N) is 1. The van der Waals surface area contributed by atoms with Crippen molar-refractivity contribution in [2.75, 3.05) is 0 Å². The first-order valence-electron chi connectivity index (χ1n) is 6.89. The molecule has 0 saturated carbocycles. The van der Waals surface area contributed by atoms with Crippen molar-refractivity contribution in [1.29, 1.82) is 0 Å². The largest absolute Gasteiger partial charge is 0.489 e. The molecule has 0 spiro atoms. The first kappa shape index (κ1) is 15.1. The lowest BCUT2D eigenvalue weighted by Gasteiger charge is -2.11. The molecule has 1 unspecified atom stereocenters. The zero-order valence-electron chi connectivity index (χ0n) is 12.3. The Morgan fingerprint density at radius 2 is 1.95 bits per heavy atom. The Labute approximate surface area is 124 Å². The molecule has 21 heavy (non-hydrogen) atoms. The number of rotatable bonds is 5. The van der Waals surface area contributed by atoms with Gasteiger partial charge in [-0.3, -0.25) is 10.2 Å². The number of aryl methyl sites for hydroxylation is 1. The number of carbonyl (C=O) groups excluding carboxylic acids is 1. The molecule has 1 amide bonds. The minimum atomic E-state index is -0.262. The molecule has 4 heteroatoms. The fourth-order valence-electron chi connectivity index (χ4n) is 2.05. The summed E-state index contributed by atoms with van der Waals surface area (Å²) >= 11 is 0. The van der Waals surface area contributed by atoms with Crippen molar-refractivity contribution in [3.05, 3.63) is 65.2 Å². The normalized spacial score (nSPS) is 11.8. The third-order valence-electron chi connectivity index (χ3n) is 3.41. The van der Waals surface area contributed by atoms with E-state index in [1.807, 2.05) is 62.4 Å². The van der Waals surface area contributed by atoms with Gasteiger partial charge < -0.3 is 4.74 Å². The van der Waals surface area contributed by atoms with E-state index in [0.717, 1.165) is 16.9 Å². The van der Waals surface area contributed by atoms with Gasteiger partial charge in [0.25, 0.3) is 0 Å². The second kappa shape index (κ2) is 6.90. The third-order valence-corrected chi connectivity index (χ3v) is 3.41. The Morgan fingerprint density at radius 3 is 2.57 bits per heavy atom. The predicted octanol–water partition coefficient (Wildman–Crippen LogP) is 2.67. The lowest BCUT2D eigenvalue weighted by atomic mass is 9.99. The molecule has 0 aliphatic heterocycles. The summed E-state index contributed by atoms with van der Waals surface area (Å²) < 4.78 is 5.74. The lowest BCUT2D eigenvalue weighted by molar-refractivity contribution is -0.122. The molecule has 2 rings (SSSR count). The highest BCUT2D eigenvalue weighted by Gasteiger charge is 2.13. The van der Waals surface area contributed by atoms with Crippen molar-refractivity contribution < 1.29 is 9.53 Å². The molecule has 2 aromatic rings. The smallest absolute Gasteiger partial charge is 0.241 e. The molecule has 4 nitrogen and oxygen atoms in total. The van der Waals surface area contributed by atoms with Crippen molar-refractivity contribution in [2.45, 2.75) is 26.4 Å². The van der Waals surface area contributed by atoms with Gasteiger partial charge in [0, 0.05) is 0 Å². The number of benzene rings is 2. The minimum absolute atomic E-state index is 0.196. The molecule has 0 aliphatic rings. The van der Waals surface area contributed by atoms with Crippen molar-refractivity contribution in [3.8, 4) is 5.75 Å². The summed E-state index contributed by atoms with van der Waals surface area (Å²) in [5.74, 6) is 5.54. The van der Waals surface area contributed by atoms with E-state index in [4.69, 9.17) is 10.6 Å². The second-order valence-electron chi connectivity index (χ2n) is 5.08. The highest BCUT2D eigenvalue weighted by atomic mass is 16.5. The second-order valence-corrected chi connectivity index (χ2v) is 5.08. The van der Waals surface area contributed by atoms with Crippen LogP contribution < -0.4 is 16.0 Å². The summed E-state index contributed by atoms with van der Waals surface area (Å²) in [6.45, 7) is 4.35. The maximum Gasteiger partial charge on any atom is 0.241 e. The molecule has 0 radical (unpaired) electrons. The van der Waals surface area contributed by atoms with E-state index >= 15 is 0 Å². The van der Waals surface area contributed by atoms with Crippen LogP contribution in [0.15, 0.2) is 48.5 Å². The summed E-state index contributed by atoms with van der Waals surface area (Å²) in [6.07, 6.45) is 0. The van der Waals surface area contributed by atoms with Crippen molar-refractivity contribution in [1.82, 2.24) is 5.43 Å². The third kappa shape index (κ3) is 4.07. The number of hydrogen-bond acceptors (Lipinski definition) is 3. The average molecular weight is 284 g/mol. The molecule has 0 aliphatic carbocycles. The van der Waals surface area contributed by atoms with E-state index in [9.17, 15) is 4.79 Å². The molecular formula is C17H20N2O2. The maximum atomic E-state index is 11.5. The molecular weight excluding hydrogens is 264 g/mol. The van der Waals surface area contributed by atoms with Crippen molar-refractivity contribution >= 4 is 5.91 Å². The molecule has 0 saturated heterocycles. The predicted molar refractivity (Wildman–Crippen MR) is 82.7 cm³/mol. The zero-order chi connectivity index (χ0) is 15.2. The number of amides is 1. The SMILES string of the molecule is Cc1cccc(OCc2ccc(C(C)C(=O)NN)cc2)c1. The van der Waals surface area contributed by atoms with Gasteiger partial charge in [-0.1, -0.05) is 36.4 Å². The first-order valence-corrected chi connectivity index (χ1v) is 6.89. The highest BCUT2D eigenvalue weighted by Crippen LogP contribution is 2.18. The minimum Gasteiger partial charge on any atom is -0.489 e. The van der Waals surface area contributed by atoms with Gasteiger partial charge in [0.1, 0.15) is 12.4 Å². The van der Waals surface area contributed by atoms with E-state index in [0.29, 0.717) is 6.61 Å². The standard InChI is InChI=1S/C17H20N2O2/c1-12-4-3-5-16(10-12)21-11-14-6-8-15(9-7-14)13(2)17(20)19-18/h3-10,13H,11,18H2,1-2H3,(H,19,20). The van der Waals surface area contributed by atoms with Crippen LogP contribution in [0.5, 0.6) is 5.75 Å². The van der Waals surface area contributed by atoms with E-state index in [1.54, 1.807) is 0 Å². The van der Waals surface area contributed by atoms with Gasteiger partial charge in [-0.2, -0.15) is 0 Å². The van der Waals surface area contributed by atoms with Gasteiger partial charge in [-0.05, 0) is 42.7 Å². The van der Waals surface area contributed by atoms with Crippen LogP contribution >= 0.6 is 0 Å². The van der Waals surface area contributed by atoms with Gasteiger partial charge in [-0.25, -0.2) is 5.84 Å². The van der Waals surface area contributed by atoms with E-state index in [2.05, 4.69) is 5.43 Å². The summed E-state index contributed by atoms with van der Waals surface area (Å²) in [4.78, 5) is 11.5. The molecule has 0 bridgehead atoms. The van der Waals surface area contributed by atoms with E-state index < -0.39 is 0 Å². The fraction of sp³-hybridized carbons (Fsp3) is 0.235. The monoisotopic (exact) mass is 284 g/mol. The van der Waals surface area contributed by atoms with Crippen molar-refractivity contribution in [3.63, 3.8) is 0 Å².